The molecule has 8 heteroatoms. The summed E-state index contributed by atoms with van der Waals surface area (Å²) in [5.41, 5.74) is 1.50. The zero-order valence-corrected chi connectivity index (χ0v) is 12.6. The number of nitrogens with zero attached hydrogens (tertiary/aromatic N) is 4. The van der Waals surface area contributed by atoms with Gasteiger partial charge in [-0.3, -0.25) is 14.6 Å². The molecule has 1 atom stereocenters. The van der Waals surface area contributed by atoms with E-state index in [1.54, 1.807) is 4.68 Å². The van der Waals surface area contributed by atoms with Gasteiger partial charge in [0, 0.05) is 0 Å². The molecule has 0 radical (unpaired) electrons. The van der Waals surface area contributed by atoms with E-state index >= 15 is 0 Å². The van der Waals surface area contributed by atoms with Crippen molar-refractivity contribution in [2.24, 2.45) is 0 Å². The second-order valence-corrected chi connectivity index (χ2v) is 5.09. The molecule has 0 aliphatic rings. The van der Waals surface area contributed by atoms with Gasteiger partial charge in [-0.15, -0.1) is 0 Å². The average Bonchev–Trinajstić information content (AvgIpc) is 2.90. The lowest BCUT2D eigenvalue weighted by molar-refractivity contribution is -0.122. The van der Waals surface area contributed by atoms with Crippen LogP contribution >= 0.6 is 11.6 Å². The molecule has 2 aromatic rings. The quantitative estimate of drug-likeness (QED) is 0.894. The number of carbonyl (C=O) groups excluding carboxylic acids is 1. The highest BCUT2D eigenvalue weighted by Crippen LogP contribution is 2.18. The molecular formula is C12H17ClN6O. The summed E-state index contributed by atoms with van der Waals surface area (Å²) < 4.78 is 1.59. The molecule has 0 spiro atoms. The van der Waals surface area contributed by atoms with Crippen molar-refractivity contribution in [1.82, 2.24) is 30.3 Å². The fourth-order valence-electron chi connectivity index (χ4n) is 1.87. The second kappa shape index (κ2) is 5.62. The molecule has 0 bridgehead atoms. The molecule has 2 heterocycles. The van der Waals surface area contributed by atoms with Gasteiger partial charge in [0.25, 0.3) is 0 Å². The number of nitrogens with one attached hydrogen (secondary N) is 2. The van der Waals surface area contributed by atoms with Crippen LogP contribution in [-0.4, -0.2) is 30.9 Å². The van der Waals surface area contributed by atoms with E-state index in [0.717, 1.165) is 11.4 Å². The maximum atomic E-state index is 12.0. The summed E-state index contributed by atoms with van der Waals surface area (Å²) in [6.45, 7) is 7.39. The van der Waals surface area contributed by atoms with Gasteiger partial charge in [0.15, 0.2) is 5.82 Å². The van der Waals surface area contributed by atoms with Crippen LogP contribution in [0.5, 0.6) is 0 Å². The smallest absolute Gasteiger partial charge is 0.242 e. The minimum Gasteiger partial charge on any atom is -0.345 e. The number of H-pyrrole nitrogens is 1. The third-order valence-electron chi connectivity index (χ3n) is 2.97. The molecule has 0 aliphatic carbocycles. The molecular weight excluding hydrogens is 280 g/mol. The number of aromatic nitrogens is 5. The number of carbonyl (C=O) groups is 1. The predicted octanol–water partition coefficient (Wildman–Crippen LogP) is 1.46. The van der Waals surface area contributed by atoms with Crippen molar-refractivity contribution in [2.75, 3.05) is 0 Å². The zero-order valence-electron chi connectivity index (χ0n) is 11.9. The summed E-state index contributed by atoms with van der Waals surface area (Å²) in [7, 11) is 0. The predicted molar refractivity (Wildman–Crippen MR) is 74.4 cm³/mol. The van der Waals surface area contributed by atoms with Crippen molar-refractivity contribution < 1.29 is 4.79 Å². The minimum atomic E-state index is -0.264. The third kappa shape index (κ3) is 2.98. The molecule has 2 N–H and O–H groups in total. The molecule has 0 saturated heterocycles. The van der Waals surface area contributed by atoms with Crippen molar-refractivity contribution in [2.45, 2.75) is 40.3 Å². The number of hydrogen-bond donors (Lipinski definition) is 2. The third-order valence-corrected chi connectivity index (χ3v) is 3.51. The van der Waals surface area contributed by atoms with Crippen LogP contribution in [0.2, 0.25) is 5.02 Å². The topological polar surface area (TPSA) is 88.5 Å². The lowest BCUT2D eigenvalue weighted by Gasteiger charge is -2.11. The van der Waals surface area contributed by atoms with E-state index in [2.05, 4.69) is 25.6 Å². The highest BCUT2D eigenvalue weighted by molar-refractivity contribution is 6.31. The Bertz CT molecular complexity index is 632. The van der Waals surface area contributed by atoms with Crippen molar-refractivity contribution in [1.29, 1.82) is 0 Å². The van der Waals surface area contributed by atoms with Gasteiger partial charge < -0.3 is 5.32 Å². The van der Waals surface area contributed by atoms with Crippen molar-refractivity contribution in [3.05, 3.63) is 28.1 Å². The molecule has 0 aliphatic heterocycles. The Morgan fingerprint density at radius 3 is 2.65 bits per heavy atom. The van der Waals surface area contributed by atoms with Crippen LogP contribution in [0, 0.1) is 20.8 Å². The van der Waals surface area contributed by atoms with Crippen LogP contribution in [0.15, 0.2) is 0 Å². The molecule has 2 aromatic heterocycles. The summed E-state index contributed by atoms with van der Waals surface area (Å²) >= 11 is 6.05. The number of amides is 1. The van der Waals surface area contributed by atoms with Crippen LogP contribution < -0.4 is 5.32 Å². The standard InChI is InChI=1S/C12H17ClN6O/c1-6-11(13)8(3)19(18-6)5-10(20)14-7(2)12-15-9(4)16-17-12/h7H,5H2,1-4H3,(H,14,20)(H,15,16,17)/t7-/m1/s1. The summed E-state index contributed by atoms with van der Waals surface area (Å²) in [5, 5.41) is 14.4. The first kappa shape index (κ1) is 14.5. The van der Waals surface area contributed by atoms with Crippen LogP contribution in [0.25, 0.3) is 0 Å². The summed E-state index contributed by atoms with van der Waals surface area (Å²) in [6.07, 6.45) is 0. The van der Waals surface area contributed by atoms with E-state index in [4.69, 9.17) is 11.6 Å². The van der Waals surface area contributed by atoms with E-state index in [0.29, 0.717) is 16.7 Å². The van der Waals surface area contributed by atoms with Gasteiger partial charge in [0.05, 0.1) is 22.5 Å². The molecule has 0 fully saturated rings. The zero-order chi connectivity index (χ0) is 14.9. The van der Waals surface area contributed by atoms with Crippen LogP contribution in [-0.2, 0) is 11.3 Å². The Morgan fingerprint density at radius 2 is 2.15 bits per heavy atom. The molecule has 108 valence electrons. The Kier molecular flexibility index (Phi) is 4.08. The molecule has 2 rings (SSSR count). The van der Waals surface area contributed by atoms with Crippen molar-refractivity contribution in [3.63, 3.8) is 0 Å². The lowest BCUT2D eigenvalue weighted by atomic mass is 10.3. The minimum absolute atomic E-state index is 0.118. The lowest BCUT2D eigenvalue weighted by Crippen LogP contribution is -2.31. The van der Waals surface area contributed by atoms with E-state index in [9.17, 15) is 4.79 Å². The van der Waals surface area contributed by atoms with Gasteiger partial charge >= 0.3 is 0 Å². The van der Waals surface area contributed by atoms with Gasteiger partial charge in [0.1, 0.15) is 12.4 Å². The van der Waals surface area contributed by atoms with Crippen LogP contribution in [0.4, 0.5) is 0 Å². The Morgan fingerprint density at radius 1 is 1.45 bits per heavy atom. The summed E-state index contributed by atoms with van der Waals surface area (Å²) in [4.78, 5) is 16.2. The SMILES string of the molecule is Cc1nc([C@@H](C)NC(=O)Cn2nc(C)c(Cl)c2C)n[nH]1. The summed E-state index contributed by atoms with van der Waals surface area (Å²) in [5.74, 6) is 1.11. The number of hydrogen-bond acceptors (Lipinski definition) is 4. The number of rotatable bonds is 4. The van der Waals surface area contributed by atoms with E-state index in [1.807, 2.05) is 27.7 Å². The molecule has 0 aromatic carbocycles. The van der Waals surface area contributed by atoms with Gasteiger partial charge in [-0.25, -0.2) is 4.98 Å². The van der Waals surface area contributed by atoms with Crippen LogP contribution in [0.3, 0.4) is 0 Å². The van der Waals surface area contributed by atoms with E-state index < -0.39 is 0 Å². The highest BCUT2D eigenvalue weighted by atomic mass is 35.5. The Hall–Kier alpha value is -1.89. The Labute approximate surface area is 121 Å². The fourth-order valence-corrected chi connectivity index (χ4v) is 2.01. The first-order valence-electron chi connectivity index (χ1n) is 6.26. The van der Waals surface area contributed by atoms with Gasteiger partial charge in [-0.1, -0.05) is 11.6 Å². The molecule has 0 saturated carbocycles. The van der Waals surface area contributed by atoms with Gasteiger partial charge in [-0.2, -0.15) is 10.2 Å². The number of aromatic amines is 1. The molecule has 0 unspecified atom stereocenters. The fraction of sp³-hybridized carbons (Fsp3) is 0.500. The van der Waals surface area contributed by atoms with E-state index in [1.165, 1.54) is 0 Å². The van der Waals surface area contributed by atoms with Crippen molar-refractivity contribution >= 4 is 17.5 Å². The second-order valence-electron chi connectivity index (χ2n) is 4.71. The van der Waals surface area contributed by atoms with Crippen molar-refractivity contribution in [3.8, 4) is 0 Å². The van der Waals surface area contributed by atoms with E-state index in [-0.39, 0.29) is 18.5 Å². The molecule has 20 heavy (non-hydrogen) atoms. The maximum absolute atomic E-state index is 12.0. The maximum Gasteiger partial charge on any atom is 0.242 e. The molecule has 1 amide bonds. The summed E-state index contributed by atoms with van der Waals surface area (Å²) in [6, 6.07) is -0.264. The van der Waals surface area contributed by atoms with Gasteiger partial charge in [0.2, 0.25) is 5.91 Å². The Balaban J connectivity index is 2.00. The van der Waals surface area contributed by atoms with Gasteiger partial charge in [-0.05, 0) is 27.7 Å². The molecule has 7 nitrogen and oxygen atoms in total. The monoisotopic (exact) mass is 296 g/mol. The number of halogens is 1. The first-order chi connectivity index (χ1) is 9.38. The number of aryl methyl sites for hydroxylation is 2. The van der Waals surface area contributed by atoms with Crippen LogP contribution in [0.1, 0.15) is 36.0 Å². The first-order valence-corrected chi connectivity index (χ1v) is 6.64. The largest absolute Gasteiger partial charge is 0.345 e. The normalized spacial score (nSPS) is 12.4. The average molecular weight is 297 g/mol. The highest BCUT2D eigenvalue weighted by Gasteiger charge is 2.16.